The number of carbonyl (C=O) groups excluding carboxylic acids is 1. The number of hydrogen-bond donors (Lipinski definition) is 1. The minimum Gasteiger partial charge on any atom is -0.378 e. The number of carbonyl (C=O) groups is 1. The minimum atomic E-state index is -0.0494. The van der Waals surface area contributed by atoms with Gasteiger partial charge in [0.25, 0.3) is 0 Å². The molecule has 3 heteroatoms. The summed E-state index contributed by atoms with van der Waals surface area (Å²) in [5.41, 5.74) is 2.29. The van der Waals surface area contributed by atoms with Gasteiger partial charge in [0.2, 0.25) is 5.91 Å². The van der Waals surface area contributed by atoms with Gasteiger partial charge in [-0.25, -0.2) is 0 Å². The molecule has 1 N–H and O–H groups in total. The first-order valence-corrected chi connectivity index (χ1v) is 6.51. The summed E-state index contributed by atoms with van der Waals surface area (Å²) in [6.45, 7) is 6.76. The first-order chi connectivity index (χ1) is 8.78. The van der Waals surface area contributed by atoms with E-state index in [0.29, 0.717) is 6.54 Å². The molecule has 0 aliphatic carbocycles. The van der Waals surface area contributed by atoms with E-state index < -0.39 is 0 Å². The van der Waals surface area contributed by atoms with Gasteiger partial charge in [0.1, 0.15) is 0 Å². The molecule has 0 saturated carbocycles. The Bertz CT molecular complexity index is 439. The lowest BCUT2D eigenvalue weighted by atomic mass is 9.96. The van der Waals surface area contributed by atoms with Gasteiger partial charge in [0.05, 0.1) is 0 Å². The normalized spacial score (nSPS) is 11.6. The van der Waals surface area contributed by atoms with Crippen LogP contribution in [0.1, 0.15) is 26.3 Å². The molecule has 0 fully saturated rings. The largest absolute Gasteiger partial charge is 0.378 e. The molecule has 19 heavy (non-hydrogen) atoms. The highest BCUT2D eigenvalue weighted by atomic mass is 16.1. The summed E-state index contributed by atoms with van der Waals surface area (Å²) in [5, 5.41) is 2.88. The van der Waals surface area contributed by atoms with Gasteiger partial charge in [-0.15, -0.1) is 0 Å². The first-order valence-electron chi connectivity index (χ1n) is 6.51. The van der Waals surface area contributed by atoms with Crippen molar-refractivity contribution in [2.24, 2.45) is 5.41 Å². The van der Waals surface area contributed by atoms with Crippen molar-refractivity contribution in [3.05, 3.63) is 42.0 Å². The van der Waals surface area contributed by atoms with Crippen LogP contribution in [-0.4, -0.2) is 20.0 Å². The lowest BCUT2D eigenvalue weighted by Gasteiger charge is -2.13. The quantitative estimate of drug-likeness (QED) is 0.844. The molecular weight excluding hydrogens is 236 g/mol. The molecule has 0 aromatic heterocycles. The van der Waals surface area contributed by atoms with Crippen LogP contribution in [0.15, 0.2) is 36.4 Å². The van der Waals surface area contributed by atoms with Crippen molar-refractivity contribution >= 4 is 11.6 Å². The molecular formula is C16H24N2O. The molecule has 104 valence electrons. The van der Waals surface area contributed by atoms with Crippen LogP contribution in [0.3, 0.4) is 0 Å². The highest BCUT2D eigenvalue weighted by Gasteiger charge is 2.05. The maximum Gasteiger partial charge on any atom is 0.243 e. The van der Waals surface area contributed by atoms with Crippen LogP contribution in [0, 0.1) is 5.41 Å². The smallest absolute Gasteiger partial charge is 0.243 e. The Hall–Kier alpha value is -1.77. The molecule has 1 aromatic rings. The van der Waals surface area contributed by atoms with Crippen molar-refractivity contribution in [3.63, 3.8) is 0 Å². The molecule has 0 heterocycles. The van der Waals surface area contributed by atoms with E-state index in [1.165, 1.54) is 0 Å². The Kier molecular flexibility index (Phi) is 5.16. The van der Waals surface area contributed by atoms with Gasteiger partial charge in [0.15, 0.2) is 0 Å². The van der Waals surface area contributed by atoms with Crippen LogP contribution in [-0.2, 0) is 11.3 Å². The third-order valence-corrected chi connectivity index (χ3v) is 2.65. The minimum absolute atomic E-state index is 0.0324. The molecule has 0 spiro atoms. The van der Waals surface area contributed by atoms with Crippen molar-refractivity contribution in [1.82, 2.24) is 5.32 Å². The molecule has 0 atom stereocenters. The van der Waals surface area contributed by atoms with Crippen molar-refractivity contribution in [1.29, 1.82) is 0 Å². The lowest BCUT2D eigenvalue weighted by molar-refractivity contribution is -0.116. The van der Waals surface area contributed by atoms with Gasteiger partial charge >= 0.3 is 0 Å². The average Bonchev–Trinajstić information content (AvgIpc) is 2.33. The van der Waals surface area contributed by atoms with Crippen LogP contribution in [0.25, 0.3) is 0 Å². The molecule has 0 aliphatic heterocycles. The number of amides is 1. The molecule has 0 radical (unpaired) electrons. The number of hydrogen-bond acceptors (Lipinski definition) is 2. The number of anilines is 1. The maximum absolute atomic E-state index is 11.6. The highest BCUT2D eigenvalue weighted by Crippen LogP contribution is 2.14. The van der Waals surface area contributed by atoms with Crippen molar-refractivity contribution in [2.45, 2.75) is 27.3 Å². The second kappa shape index (κ2) is 6.41. The number of benzene rings is 1. The van der Waals surface area contributed by atoms with E-state index in [0.717, 1.165) is 11.3 Å². The molecule has 0 saturated heterocycles. The van der Waals surface area contributed by atoms with Crippen molar-refractivity contribution in [2.75, 3.05) is 19.0 Å². The number of nitrogens with zero attached hydrogens (tertiary/aromatic N) is 1. The van der Waals surface area contributed by atoms with Gasteiger partial charge in [0, 0.05) is 26.3 Å². The number of allylic oxidation sites excluding steroid dienone is 1. The average molecular weight is 260 g/mol. The molecule has 0 bridgehead atoms. The fraction of sp³-hybridized carbons (Fsp3) is 0.438. The van der Waals surface area contributed by atoms with E-state index >= 15 is 0 Å². The van der Waals surface area contributed by atoms with Crippen LogP contribution < -0.4 is 10.2 Å². The van der Waals surface area contributed by atoms with Gasteiger partial charge in [-0.1, -0.05) is 39.0 Å². The fourth-order valence-electron chi connectivity index (χ4n) is 1.49. The van der Waals surface area contributed by atoms with Crippen molar-refractivity contribution < 1.29 is 4.79 Å². The topological polar surface area (TPSA) is 32.3 Å². The zero-order valence-corrected chi connectivity index (χ0v) is 12.5. The summed E-state index contributed by atoms with van der Waals surface area (Å²) < 4.78 is 0. The van der Waals surface area contributed by atoms with E-state index in [9.17, 15) is 4.79 Å². The Labute approximate surface area is 116 Å². The summed E-state index contributed by atoms with van der Waals surface area (Å²) in [6.07, 6.45) is 3.52. The Morgan fingerprint density at radius 3 is 2.26 bits per heavy atom. The summed E-state index contributed by atoms with van der Waals surface area (Å²) in [6, 6.07) is 8.16. The summed E-state index contributed by atoms with van der Waals surface area (Å²) in [5.74, 6) is -0.0494. The highest BCUT2D eigenvalue weighted by molar-refractivity contribution is 5.87. The van der Waals surface area contributed by atoms with E-state index in [1.54, 1.807) is 6.08 Å². The van der Waals surface area contributed by atoms with Crippen LogP contribution in [0.2, 0.25) is 0 Å². The van der Waals surface area contributed by atoms with E-state index in [4.69, 9.17) is 0 Å². The number of rotatable bonds is 4. The first kappa shape index (κ1) is 15.3. The van der Waals surface area contributed by atoms with Gasteiger partial charge < -0.3 is 10.2 Å². The maximum atomic E-state index is 11.6. The van der Waals surface area contributed by atoms with Gasteiger partial charge in [-0.3, -0.25) is 4.79 Å². The second-order valence-electron chi connectivity index (χ2n) is 5.98. The zero-order chi connectivity index (χ0) is 14.5. The molecule has 1 aromatic carbocycles. The van der Waals surface area contributed by atoms with E-state index in [-0.39, 0.29) is 11.3 Å². The molecule has 1 rings (SSSR count). The lowest BCUT2D eigenvalue weighted by Crippen LogP contribution is -2.21. The van der Waals surface area contributed by atoms with Crippen LogP contribution >= 0.6 is 0 Å². The predicted molar refractivity (Wildman–Crippen MR) is 81.2 cm³/mol. The second-order valence-corrected chi connectivity index (χ2v) is 5.98. The summed E-state index contributed by atoms with van der Waals surface area (Å²) >= 11 is 0. The van der Waals surface area contributed by atoms with Crippen LogP contribution in [0.5, 0.6) is 0 Å². The molecule has 1 amide bonds. The molecule has 0 aliphatic rings. The molecule has 3 nitrogen and oxygen atoms in total. The monoisotopic (exact) mass is 260 g/mol. The zero-order valence-electron chi connectivity index (χ0n) is 12.5. The standard InChI is InChI=1S/C16H24N2O/c1-16(2,3)11-10-15(19)17-12-13-6-8-14(9-7-13)18(4)5/h6-11H,12H2,1-5H3,(H,17,19)/b11-10+. The third-order valence-electron chi connectivity index (χ3n) is 2.65. The molecule has 0 unspecified atom stereocenters. The van der Waals surface area contributed by atoms with Crippen LogP contribution in [0.4, 0.5) is 5.69 Å². The Morgan fingerprint density at radius 1 is 1.21 bits per heavy atom. The van der Waals surface area contributed by atoms with Gasteiger partial charge in [-0.05, 0) is 29.2 Å². The summed E-state index contributed by atoms with van der Waals surface area (Å²) in [4.78, 5) is 13.7. The van der Waals surface area contributed by atoms with E-state index in [1.807, 2.05) is 44.4 Å². The Morgan fingerprint density at radius 2 is 1.79 bits per heavy atom. The van der Waals surface area contributed by atoms with E-state index in [2.05, 4.69) is 31.0 Å². The van der Waals surface area contributed by atoms with Crippen molar-refractivity contribution in [3.8, 4) is 0 Å². The fourth-order valence-corrected chi connectivity index (χ4v) is 1.49. The van der Waals surface area contributed by atoms with Gasteiger partial charge in [-0.2, -0.15) is 0 Å². The summed E-state index contributed by atoms with van der Waals surface area (Å²) in [7, 11) is 4.02. The SMILES string of the molecule is CN(C)c1ccc(CNC(=O)/C=C/C(C)(C)C)cc1. The Balaban J connectivity index is 2.49. The number of nitrogens with one attached hydrogen (secondary N) is 1. The predicted octanol–water partition coefficient (Wildman–Crippen LogP) is 2.97. The third kappa shape index (κ3) is 6.09.